The van der Waals surface area contributed by atoms with Gasteiger partial charge >= 0.3 is 0 Å². The Hall–Kier alpha value is -2.21. The first kappa shape index (κ1) is 22.5. The SMILES string of the molecule is C=C(C1CCC(CC/C=C/C=C/C#N)CC1)C1CCC(c2ccc(F)c(F)c2)CC1. The minimum atomic E-state index is -0.761. The largest absolute Gasteiger partial charge is 0.204 e. The maximum atomic E-state index is 13.6. The Morgan fingerprint density at radius 1 is 0.967 bits per heavy atom. The predicted octanol–water partition coefficient (Wildman–Crippen LogP) is 8.02. The second-order valence-corrected chi connectivity index (χ2v) is 9.01. The summed E-state index contributed by atoms with van der Waals surface area (Å²) >= 11 is 0. The van der Waals surface area contributed by atoms with Gasteiger partial charge in [-0.3, -0.25) is 0 Å². The van der Waals surface area contributed by atoms with Crippen LogP contribution >= 0.6 is 0 Å². The Labute approximate surface area is 180 Å². The fourth-order valence-corrected chi connectivity index (χ4v) is 5.32. The molecule has 0 saturated heterocycles. The lowest BCUT2D eigenvalue weighted by atomic mass is 9.69. The number of benzene rings is 1. The summed E-state index contributed by atoms with van der Waals surface area (Å²) in [4.78, 5) is 0. The molecule has 0 aliphatic heterocycles. The Morgan fingerprint density at radius 2 is 1.63 bits per heavy atom. The van der Waals surface area contributed by atoms with E-state index in [-0.39, 0.29) is 0 Å². The molecule has 1 aromatic rings. The van der Waals surface area contributed by atoms with Crippen LogP contribution in [0.4, 0.5) is 8.78 Å². The first-order valence-electron chi connectivity index (χ1n) is 11.4. The van der Waals surface area contributed by atoms with E-state index in [1.54, 1.807) is 12.1 Å². The molecule has 1 nitrogen and oxygen atoms in total. The molecule has 3 heteroatoms. The standard InChI is InChI=1S/C27H33F2N/c1-20(22-10-8-21(9-11-22)7-5-3-2-4-6-18-30)23-12-14-24(15-13-23)25-16-17-26(28)27(29)19-25/h2-4,6,16-17,19,21-24H,1,5,7-15H2/b3-2+,6-4+. The zero-order valence-corrected chi connectivity index (χ0v) is 17.8. The third-order valence-electron chi connectivity index (χ3n) is 7.20. The summed E-state index contributed by atoms with van der Waals surface area (Å²) in [5, 5.41) is 8.47. The molecule has 0 N–H and O–H groups in total. The van der Waals surface area contributed by atoms with Crippen LogP contribution in [0.15, 0.2) is 54.7 Å². The van der Waals surface area contributed by atoms with Crippen LogP contribution < -0.4 is 0 Å². The molecule has 2 aliphatic rings. The molecular weight excluding hydrogens is 376 g/mol. The summed E-state index contributed by atoms with van der Waals surface area (Å²) in [7, 11) is 0. The van der Waals surface area contributed by atoms with Crippen molar-refractivity contribution in [1.82, 2.24) is 0 Å². The van der Waals surface area contributed by atoms with E-state index in [9.17, 15) is 8.78 Å². The first-order chi connectivity index (χ1) is 14.6. The van der Waals surface area contributed by atoms with Gasteiger partial charge in [-0.05, 0) is 106 Å². The molecule has 30 heavy (non-hydrogen) atoms. The van der Waals surface area contributed by atoms with E-state index in [4.69, 9.17) is 5.26 Å². The zero-order chi connectivity index (χ0) is 21.3. The van der Waals surface area contributed by atoms with Crippen molar-refractivity contribution in [3.05, 3.63) is 71.9 Å². The average molecular weight is 410 g/mol. The topological polar surface area (TPSA) is 23.8 Å². The molecule has 2 aliphatic carbocycles. The van der Waals surface area contributed by atoms with Crippen LogP contribution in [0.5, 0.6) is 0 Å². The molecule has 2 saturated carbocycles. The minimum absolute atomic E-state index is 0.343. The highest BCUT2D eigenvalue weighted by molar-refractivity contribution is 5.23. The molecule has 0 unspecified atom stereocenters. The summed E-state index contributed by atoms with van der Waals surface area (Å²) in [6.45, 7) is 4.50. The second-order valence-electron chi connectivity index (χ2n) is 9.01. The zero-order valence-electron chi connectivity index (χ0n) is 17.8. The van der Waals surface area contributed by atoms with E-state index in [2.05, 4.69) is 12.7 Å². The summed E-state index contributed by atoms with van der Waals surface area (Å²) in [5.41, 5.74) is 2.38. The van der Waals surface area contributed by atoms with E-state index in [0.717, 1.165) is 43.6 Å². The van der Waals surface area contributed by atoms with Crippen molar-refractivity contribution in [2.45, 2.75) is 70.1 Å². The molecule has 3 rings (SSSR count). The van der Waals surface area contributed by atoms with Gasteiger partial charge in [-0.2, -0.15) is 5.26 Å². The molecule has 1 aromatic carbocycles. The molecule has 0 amide bonds. The smallest absolute Gasteiger partial charge is 0.159 e. The van der Waals surface area contributed by atoms with Gasteiger partial charge in [0.25, 0.3) is 0 Å². The van der Waals surface area contributed by atoms with Crippen LogP contribution in [0.2, 0.25) is 0 Å². The number of hydrogen-bond donors (Lipinski definition) is 0. The van der Waals surface area contributed by atoms with Crippen molar-refractivity contribution in [3.8, 4) is 6.07 Å². The van der Waals surface area contributed by atoms with Gasteiger partial charge in [0, 0.05) is 6.08 Å². The molecule has 0 spiro atoms. The quantitative estimate of drug-likeness (QED) is 0.254. The highest BCUT2D eigenvalue weighted by Crippen LogP contribution is 2.44. The number of nitriles is 1. The molecule has 0 aromatic heterocycles. The minimum Gasteiger partial charge on any atom is -0.204 e. The number of halogens is 2. The molecule has 0 bridgehead atoms. The van der Waals surface area contributed by atoms with E-state index in [1.807, 2.05) is 12.1 Å². The summed E-state index contributed by atoms with van der Waals surface area (Å²) in [5.74, 6) is 0.898. The van der Waals surface area contributed by atoms with Gasteiger partial charge in [-0.25, -0.2) is 8.78 Å². The van der Waals surface area contributed by atoms with Crippen LogP contribution in [-0.4, -0.2) is 0 Å². The highest BCUT2D eigenvalue weighted by Gasteiger charge is 2.30. The van der Waals surface area contributed by atoms with Crippen molar-refractivity contribution in [2.75, 3.05) is 0 Å². The van der Waals surface area contributed by atoms with Gasteiger partial charge in [-0.15, -0.1) is 0 Å². The fraction of sp³-hybridized carbons (Fsp3) is 0.519. The van der Waals surface area contributed by atoms with Gasteiger partial charge in [0.15, 0.2) is 11.6 Å². The number of rotatable bonds is 7. The Kier molecular flexibility index (Phi) is 8.43. The number of hydrogen-bond acceptors (Lipinski definition) is 1. The van der Waals surface area contributed by atoms with Gasteiger partial charge in [-0.1, -0.05) is 36.4 Å². The van der Waals surface area contributed by atoms with Crippen molar-refractivity contribution in [3.63, 3.8) is 0 Å². The highest BCUT2D eigenvalue weighted by atomic mass is 19.2. The molecule has 160 valence electrons. The van der Waals surface area contributed by atoms with E-state index >= 15 is 0 Å². The van der Waals surface area contributed by atoms with Gasteiger partial charge < -0.3 is 0 Å². The van der Waals surface area contributed by atoms with Crippen molar-refractivity contribution in [1.29, 1.82) is 5.26 Å². The lowest BCUT2D eigenvalue weighted by Gasteiger charge is -2.36. The number of nitrogens with zero attached hydrogens (tertiary/aromatic N) is 1. The second kappa shape index (κ2) is 11.3. The maximum absolute atomic E-state index is 13.6. The first-order valence-corrected chi connectivity index (χ1v) is 11.4. The Bertz CT molecular complexity index is 801. The lowest BCUT2D eigenvalue weighted by Crippen LogP contribution is -2.22. The Balaban J connectivity index is 1.40. The van der Waals surface area contributed by atoms with Gasteiger partial charge in [0.1, 0.15) is 0 Å². The molecule has 0 radical (unpaired) electrons. The van der Waals surface area contributed by atoms with Crippen LogP contribution in [-0.2, 0) is 0 Å². The maximum Gasteiger partial charge on any atom is 0.159 e. The van der Waals surface area contributed by atoms with E-state index in [0.29, 0.717) is 17.8 Å². The summed E-state index contributed by atoms with van der Waals surface area (Å²) in [6.07, 6.45) is 19.1. The average Bonchev–Trinajstić information content (AvgIpc) is 2.78. The monoisotopic (exact) mass is 409 g/mol. The molecular formula is C27H33F2N. The molecule has 0 heterocycles. The number of allylic oxidation sites excluding steroid dienone is 5. The normalized spacial score (nSPS) is 27.4. The van der Waals surface area contributed by atoms with E-state index in [1.165, 1.54) is 55.9 Å². The fourth-order valence-electron chi connectivity index (χ4n) is 5.32. The van der Waals surface area contributed by atoms with Gasteiger partial charge in [0.2, 0.25) is 0 Å². The predicted molar refractivity (Wildman–Crippen MR) is 119 cm³/mol. The van der Waals surface area contributed by atoms with Crippen LogP contribution in [0, 0.1) is 40.7 Å². The van der Waals surface area contributed by atoms with Crippen molar-refractivity contribution in [2.24, 2.45) is 17.8 Å². The van der Waals surface area contributed by atoms with E-state index < -0.39 is 11.6 Å². The molecule has 2 fully saturated rings. The molecule has 0 atom stereocenters. The van der Waals surface area contributed by atoms with Crippen LogP contribution in [0.1, 0.15) is 75.7 Å². The Morgan fingerprint density at radius 3 is 2.27 bits per heavy atom. The summed E-state index contributed by atoms with van der Waals surface area (Å²) < 4.78 is 26.7. The van der Waals surface area contributed by atoms with Crippen LogP contribution in [0.3, 0.4) is 0 Å². The summed E-state index contributed by atoms with van der Waals surface area (Å²) in [6, 6.07) is 6.38. The van der Waals surface area contributed by atoms with Crippen molar-refractivity contribution < 1.29 is 8.78 Å². The van der Waals surface area contributed by atoms with Crippen molar-refractivity contribution >= 4 is 0 Å². The lowest BCUT2D eigenvalue weighted by molar-refractivity contribution is 0.260. The third kappa shape index (κ3) is 6.14. The van der Waals surface area contributed by atoms with Gasteiger partial charge in [0.05, 0.1) is 6.07 Å². The van der Waals surface area contributed by atoms with Crippen LogP contribution in [0.25, 0.3) is 0 Å². The third-order valence-corrected chi connectivity index (χ3v) is 7.20.